The molecule has 0 N–H and O–H groups in total. The van der Waals surface area contributed by atoms with E-state index in [1.807, 2.05) is 0 Å². The van der Waals surface area contributed by atoms with Gasteiger partial charge in [0.2, 0.25) is 0 Å². The van der Waals surface area contributed by atoms with Gasteiger partial charge in [0.1, 0.15) is 25.2 Å². The van der Waals surface area contributed by atoms with E-state index in [9.17, 15) is 9.59 Å². The lowest BCUT2D eigenvalue weighted by atomic mass is 10.0. The van der Waals surface area contributed by atoms with Gasteiger partial charge >= 0.3 is 5.97 Å². The van der Waals surface area contributed by atoms with E-state index in [-0.39, 0.29) is 12.6 Å². The maximum atomic E-state index is 11.9. The number of esters is 1. The third kappa shape index (κ3) is 38.7. The molecule has 326 valence electrons. The van der Waals surface area contributed by atoms with Crippen LogP contribution in [0.1, 0.15) is 107 Å². The van der Waals surface area contributed by atoms with Crippen LogP contribution in [-0.4, -0.2) is 144 Å². The lowest BCUT2D eigenvalue weighted by molar-refractivity contribution is -0.145. The molecule has 56 heavy (non-hydrogen) atoms. The summed E-state index contributed by atoms with van der Waals surface area (Å²) < 4.78 is 60.2. The smallest absolute Gasteiger partial charge is 0.305 e. The average Bonchev–Trinajstić information content (AvgIpc) is 3.21. The highest BCUT2D eigenvalue weighted by atomic mass is 16.6. The highest BCUT2D eigenvalue weighted by Gasteiger charge is 2.03. The molecule has 0 spiro atoms. The predicted octanol–water partition coefficient (Wildman–Crippen LogP) is 7.05. The van der Waals surface area contributed by atoms with Crippen molar-refractivity contribution < 1.29 is 61.7 Å². The van der Waals surface area contributed by atoms with Crippen molar-refractivity contribution in [2.45, 2.75) is 96.8 Å². The van der Waals surface area contributed by atoms with Crippen molar-refractivity contribution in [2.75, 3.05) is 132 Å². The zero-order valence-corrected chi connectivity index (χ0v) is 34.7. The maximum absolute atomic E-state index is 11.9. The molecule has 13 nitrogen and oxygen atoms in total. The summed E-state index contributed by atoms with van der Waals surface area (Å²) in [7, 11) is 0. The molecule has 13 heteroatoms. The molecule has 0 aliphatic heterocycles. The highest BCUT2D eigenvalue weighted by Crippen LogP contribution is 2.13. The predicted molar refractivity (Wildman–Crippen MR) is 216 cm³/mol. The van der Waals surface area contributed by atoms with E-state index in [4.69, 9.17) is 52.1 Å². The van der Waals surface area contributed by atoms with Crippen LogP contribution in [0.3, 0.4) is 0 Å². The quantitative estimate of drug-likeness (QED) is 0.0379. The van der Waals surface area contributed by atoms with Gasteiger partial charge in [0.25, 0.3) is 0 Å². The summed E-state index contributed by atoms with van der Waals surface area (Å²) in [5.74, 6) is 0.568. The van der Waals surface area contributed by atoms with Gasteiger partial charge in [-0.2, -0.15) is 0 Å². The average molecular weight is 801 g/mol. The molecule has 1 aromatic rings. The molecule has 0 radical (unpaired) electrons. The van der Waals surface area contributed by atoms with Crippen LogP contribution in [0.4, 0.5) is 0 Å². The first-order valence-electron chi connectivity index (χ1n) is 21.3. The van der Waals surface area contributed by atoms with Crippen LogP contribution >= 0.6 is 0 Å². The first-order chi connectivity index (χ1) is 27.8. The van der Waals surface area contributed by atoms with E-state index >= 15 is 0 Å². The van der Waals surface area contributed by atoms with E-state index in [2.05, 4.69) is 6.92 Å². The van der Waals surface area contributed by atoms with Gasteiger partial charge in [-0.3, -0.25) is 9.59 Å². The molecule has 0 aliphatic carbocycles. The van der Waals surface area contributed by atoms with Crippen molar-refractivity contribution in [3.05, 3.63) is 29.8 Å². The molecule has 0 unspecified atom stereocenters. The minimum Gasteiger partial charge on any atom is -0.491 e. The Morgan fingerprint density at radius 3 is 1.05 bits per heavy atom. The molecular formula is C43H76O13. The number of carbonyl (C=O) groups is 2. The number of rotatable bonds is 46. The van der Waals surface area contributed by atoms with E-state index < -0.39 is 0 Å². The lowest BCUT2D eigenvalue weighted by Crippen LogP contribution is -2.15. The molecule has 0 aromatic heterocycles. The number of hydrogen-bond acceptors (Lipinski definition) is 13. The summed E-state index contributed by atoms with van der Waals surface area (Å²) in [6.45, 7) is 11.6. The normalized spacial score (nSPS) is 11.3. The third-order valence-corrected chi connectivity index (χ3v) is 8.46. The van der Waals surface area contributed by atoms with Crippen molar-refractivity contribution in [1.29, 1.82) is 0 Å². The lowest BCUT2D eigenvalue weighted by Gasteiger charge is -2.09. The Morgan fingerprint density at radius 1 is 0.411 bits per heavy atom. The minimum absolute atomic E-state index is 0.135. The van der Waals surface area contributed by atoms with Gasteiger partial charge < -0.3 is 52.1 Å². The number of carbonyl (C=O) groups excluding carboxylic acids is 2. The highest BCUT2D eigenvalue weighted by molar-refractivity contribution is 5.74. The Bertz CT molecular complexity index is 950. The van der Waals surface area contributed by atoms with E-state index in [0.717, 1.165) is 19.1 Å². The van der Waals surface area contributed by atoms with Crippen LogP contribution in [-0.2, 0) is 52.2 Å². The first kappa shape index (κ1) is 51.8. The minimum atomic E-state index is -0.135. The topological polar surface area (TPSA) is 136 Å². The maximum Gasteiger partial charge on any atom is 0.305 e. The van der Waals surface area contributed by atoms with Crippen molar-refractivity contribution in [1.82, 2.24) is 0 Å². The second kappa shape index (κ2) is 43.9. The van der Waals surface area contributed by atoms with Crippen LogP contribution in [0.2, 0.25) is 0 Å². The summed E-state index contributed by atoms with van der Waals surface area (Å²) in [4.78, 5) is 22.5. The molecule has 1 rings (SSSR count). The van der Waals surface area contributed by atoms with Gasteiger partial charge in [-0.25, -0.2) is 0 Å². The molecule has 1 aromatic carbocycles. The van der Waals surface area contributed by atoms with E-state index in [0.29, 0.717) is 143 Å². The Balaban J connectivity index is 1.65. The van der Waals surface area contributed by atoms with Gasteiger partial charge in [0.15, 0.2) is 0 Å². The number of aldehydes is 1. The van der Waals surface area contributed by atoms with Crippen LogP contribution in [0, 0.1) is 0 Å². The Kier molecular flexibility index (Phi) is 40.6. The van der Waals surface area contributed by atoms with Gasteiger partial charge in [-0.05, 0) is 30.7 Å². The molecule has 0 heterocycles. The Morgan fingerprint density at radius 2 is 0.714 bits per heavy atom. The molecular weight excluding hydrogens is 724 g/mol. The zero-order valence-electron chi connectivity index (χ0n) is 34.7. The SMILES string of the molecule is CCCCCCCCCCCCCCCC(=O)OCCOCCOCCOCCOCCOCCOCCOCCOCCOCCOc1ccc(C=O)cc1. The number of hydrogen-bond donors (Lipinski definition) is 0. The molecule has 0 aliphatic rings. The summed E-state index contributed by atoms with van der Waals surface area (Å²) in [6, 6.07) is 6.94. The van der Waals surface area contributed by atoms with Crippen LogP contribution in [0.15, 0.2) is 24.3 Å². The number of ether oxygens (including phenoxy) is 11. The summed E-state index contributed by atoms with van der Waals surface area (Å²) in [5, 5.41) is 0. The summed E-state index contributed by atoms with van der Waals surface area (Å²) in [6.07, 6.45) is 18.1. The van der Waals surface area contributed by atoms with Crippen molar-refractivity contribution in [2.24, 2.45) is 0 Å². The van der Waals surface area contributed by atoms with Crippen molar-refractivity contribution in [3.8, 4) is 5.75 Å². The fourth-order valence-electron chi connectivity index (χ4n) is 5.30. The zero-order chi connectivity index (χ0) is 40.1. The van der Waals surface area contributed by atoms with Gasteiger partial charge in [0.05, 0.1) is 119 Å². The Labute approximate surface area is 338 Å². The fraction of sp³-hybridized carbons (Fsp3) is 0.814. The molecule has 0 bridgehead atoms. The monoisotopic (exact) mass is 801 g/mol. The second-order valence-electron chi connectivity index (χ2n) is 13.3. The van der Waals surface area contributed by atoms with Crippen molar-refractivity contribution >= 4 is 12.3 Å². The van der Waals surface area contributed by atoms with E-state index in [1.165, 1.54) is 70.6 Å². The van der Waals surface area contributed by atoms with Crippen LogP contribution in [0.5, 0.6) is 5.75 Å². The standard InChI is InChI=1S/C43H76O13/c1-2-3-4-5-6-7-8-9-10-11-12-13-14-15-43(45)56-39-37-54-35-33-52-31-29-50-27-25-48-23-21-46-20-22-47-24-26-49-28-30-51-32-34-53-36-38-55-42-18-16-41(40-44)17-19-42/h16-19,40H,2-15,20-39H2,1H3. The van der Waals surface area contributed by atoms with Gasteiger partial charge in [-0.15, -0.1) is 0 Å². The molecule has 0 fully saturated rings. The summed E-state index contributed by atoms with van der Waals surface area (Å²) in [5.41, 5.74) is 0.617. The number of unbranched alkanes of at least 4 members (excludes halogenated alkanes) is 12. The van der Waals surface area contributed by atoms with Crippen LogP contribution < -0.4 is 4.74 Å². The second-order valence-corrected chi connectivity index (χ2v) is 13.3. The fourth-order valence-corrected chi connectivity index (χ4v) is 5.30. The Hall–Kier alpha value is -2.20. The molecule has 0 saturated carbocycles. The van der Waals surface area contributed by atoms with Crippen molar-refractivity contribution in [3.63, 3.8) is 0 Å². The molecule has 0 atom stereocenters. The molecule has 0 amide bonds. The van der Waals surface area contributed by atoms with E-state index in [1.54, 1.807) is 24.3 Å². The van der Waals surface area contributed by atoms with Gasteiger partial charge in [0, 0.05) is 12.0 Å². The molecule has 0 saturated heterocycles. The third-order valence-electron chi connectivity index (χ3n) is 8.46. The van der Waals surface area contributed by atoms with Crippen LogP contribution in [0.25, 0.3) is 0 Å². The first-order valence-corrected chi connectivity index (χ1v) is 21.3. The summed E-state index contributed by atoms with van der Waals surface area (Å²) >= 11 is 0. The largest absolute Gasteiger partial charge is 0.491 e. The number of benzene rings is 1. The van der Waals surface area contributed by atoms with Gasteiger partial charge in [-0.1, -0.05) is 84.0 Å².